The van der Waals surface area contributed by atoms with Gasteiger partial charge in [-0.05, 0) is 100.0 Å². The van der Waals surface area contributed by atoms with Crippen molar-refractivity contribution >= 4 is 45.8 Å². The Kier molecular flexibility index (Phi) is 6.83. The molecule has 9 heteroatoms. The summed E-state index contributed by atoms with van der Waals surface area (Å²) in [6.45, 7) is 3.69. The number of hydrogen-bond acceptors (Lipinski definition) is 7. The minimum Gasteiger partial charge on any atom is -0.465 e. The van der Waals surface area contributed by atoms with Crippen LogP contribution in [0, 0.1) is 30.1 Å². The lowest BCUT2D eigenvalue weighted by Crippen LogP contribution is -2.51. The summed E-state index contributed by atoms with van der Waals surface area (Å²) >= 11 is 1.09. The van der Waals surface area contributed by atoms with Gasteiger partial charge in [0.05, 0.1) is 35.1 Å². The molecule has 37 heavy (non-hydrogen) atoms. The van der Waals surface area contributed by atoms with Crippen LogP contribution in [0.5, 0.6) is 0 Å². The van der Waals surface area contributed by atoms with Gasteiger partial charge in [-0.2, -0.15) is 0 Å². The standard InChI is InChI=1S/C28H32N2O6S/c1-4-36-25(32)19-5-7-20(8-6-19)29-23(31)22-15(2)21(26(33)35-3)24(37-22)30-27(34)28-12-16-9-17(13-28)11-18(10-16)14-28/h5-8,16-18H,4,9-14H2,1-3H3,(H,29,31)(H,30,34). The first-order valence-electron chi connectivity index (χ1n) is 12.8. The zero-order valence-corrected chi connectivity index (χ0v) is 22.2. The quantitative estimate of drug-likeness (QED) is 0.468. The fourth-order valence-electron chi connectivity index (χ4n) is 6.88. The maximum absolute atomic E-state index is 13.6. The van der Waals surface area contributed by atoms with Gasteiger partial charge in [-0.3, -0.25) is 9.59 Å². The van der Waals surface area contributed by atoms with E-state index in [9.17, 15) is 19.2 Å². The molecule has 4 aliphatic carbocycles. The fourth-order valence-corrected chi connectivity index (χ4v) is 7.97. The van der Waals surface area contributed by atoms with Gasteiger partial charge >= 0.3 is 11.9 Å². The molecule has 2 amide bonds. The average Bonchev–Trinajstić information content (AvgIpc) is 3.19. The van der Waals surface area contributed by atoms with Crippen LogP contribution in [0.25, 0.3) is 0 Å². The average molecular weight is 525 g/mol. The minimum atomic E-state index is -0.590. The molecular formula is C28H32N2O6S. The second kappa shape index (κ2) is 9.93. The smallest absolute Gasteiger partial charge is 0.341 e. The molecule has 0 aliphatic heterocycles. The number of hydrogen-bond donors (Lipinski definition) is 2. The molecule has 1 aromatic carbocycles. The molecule has 4 fully saturated rings. The predicted octanol–water partition coefficient (Wildman–Crippen LogP) is 5.43. The third-order valence-electron chi connectivity index (χ3n) is 8.14. The first-order valence-corrected chi connectivity index (χ1v) is 13.7. The lowest BCUT2D eigenvalue weighted by Gasteiger charge is -2.55. The highest BCUT2D eigenvalue weighted by molar-refractivity contribution is 7.19. The number of amides is 2. The third-order valence-corrected chi connectivity index (χ3v) is 9.35. The molecular weight excluding hydrogens is 492 g/mol. The van der Waals surface area contributed by atoms with Crippen LogP contribution < -0.4 is 10.6 Å². The van der Waals surface area contributed by atoms with E-state index in [1.807, 2.05) is 0 Å². The number of ether oxygens (including phenoxy) is 2. The molecule has 196 valence electrons. The Hall–Kier alpha value is -3.20. The molecule has 1 aromatic heterocycles. The SMILES string of the molecule is CCOC(=O)c1ccc(NC(=O)c2sc(NC(=O)C34CC5CC(CC(C5)C3)C4)c(C(=O)OC)c2C)cc1. The molecule has 2 N–H and O–H groups in total. The van der Waals surface area contributed by atoms with Gasteiger partial charge in [0.2, 0.25) is 5.91 Å². The van der Waals surface area contributed by atoms with Crippen LogP contribution in [-0.2, 0) is 14.3 Å². The van der Waals surface area contributed by atoms with Crippen LogP contribution in [0.1, 0.15) is 81.4 Å². The monoisotopic (exact) mass is 524 g/mol. The highest BCUT2D eigenvalue weighted by Gasteiger charge is 2.54. The van der Waals surface area contributed by atoms with E-state index in [0.29, 0.717) is 44.4 Å². The minimum absolute atomic E-state index is 0.0421. The second-order valence-corrected chi connectivity index (χ2v) is 11.7. The van der Waals surface area contributed by atoms with Gasteiger partial charge < -0.3 is 20.1 Å². The van der Waals surface area contributed by atoms with Gasteiger partial charge in [-0.25, -0.2) is 9.59 Å². The molecule has 2 aromatic rings. The van der Waals surface area contributed by atoms with E-state index in [4.69, 9.17) is 9.47 Å². The third kappa shape index (κ3) is 4.77. The number of nitrogens with one attached hydrogen (secondary N) is 2. The molecule has 1 heterocycles. The number of carbonyl (C=O) groups excluding carboxylic acids is 4. The van der Waals surface area contributed by atoms with Gasteiger partial charge in [0.25, 0.3) is 5.91 Å². The molecule has 0 radical (unpaired) electrons. The van der Waals surface area contributed by atoms with E-state index in [0.717, 1.165) is 30.6 Å². The summed E-state index contributed by atoms with van der Waals surface area (Å²) in [4.78, 5) is 51.7. The Morgan fingerprint density at radius 2 is 1.54 bits per heavy atom. The largest absolute Gasteiger partial charge is 0.465 e. The van der Waals surface area contributed by atoms with Crippen LogP contribution in [0.15, 0.2) is 24.3 Å². The van der Waals surface area contributed by atoms with Crippen molar-refractivity contribution in [3.8, 4) is 0 Å². The van der Waals surface area contributed by atoms with E-state index in [1.54, 1.807) is 38.1 Å². The molecule has 0 atom stereocenters. The summed E-state index contributed by atoms with van der Waals surface area (Å²) in [5.74, 6) is 0.353. The number of methoxy groups -OCH3 is 1. The molecule has 4 saturated carbocycles. The summed E-state index contributed by atoms with van der Waals surface area (Å²) in [6.07, 6.45) is 6.38. The number of benzene rings is 1. The molecule has 6 rings (SSSR count). The second-order valence-electron chi connectivity index (χ2n) is 10.7. The molecule has 0 saturated heterocycles. The molecule has 0 unspecified atom stereocenters. The molecule has 0 spiro atoms. The summed E-state index contributed by atoms with van der Waals surface area (Å²) in [5.41, 5.74) is 1.16. The normalized spacial score (nSPS) is 25.4. The van der Waals surface area contributed by atoms with Crippen molar-refractivity contribution in [2.45, 2.75) is 52.4 Å². The Morgan fingerprint density at radius 3 is 2.08 bits per heavy atom. The predicted molar refractivity (Wildman–Crippen MR) is 140 cm³/mol. The van der Waals surface area contributed by atoms with Crippen LogP contribution >= 0.6 is 11.3 Å². The maximum Gasteiger partial charge on any atom is 0.341 e. The van der Waals surface area contributed by atoms with Crippen molar-refractivity contribution in [2.75, 3.05) is 24.4 Å². The van der Waals surface area contributed by atoms with Gasteiger partial charge in [0.15, 0.2) is 0 Å². The number of rotatable bonds is 7. The van der Waals surface area contributed by atoms with E-state index in [1.165, 1.54) is 26.4 Å². The Bertz CT molecular complexity index is 1210. The van der Waals surface area contributed by atoms with E-state index >= 15 is 0 Å². The van der Waals surface area contributed by atoms with E-state index in [-0.39, 0.29) is 23.5 Å². The molecule has 8 nitrogen and oxygen atoms in total. The first-order chi connectivity index (χ1) is 17.7. The number of carbonyl (C=O) groups is 4. The summed E-state index contributed by atoms with van der Waals surface area (Å²) in [5, 5.41) is 6.21. The molecule has 4 aliphatic rings. The van der Waals surface area contributed by atoms with Crippen LogP contribution in [0.2, 0.25) is 0 Å². The highest BCUT2D eigenvalue weighted by Crippen LogP contribution is 2.60. The Morgan fingerprint density at radius 1 is 0.946 bits per heavy atom. The van der Waals surface area contributed by atoms with Gasteiger partial charge in [-0.15, -0.1) is 11.3 Å². The topological polar surface area (TPSA) is 111 Å². The van der Waals surface area contributed by atoms with Crippen LogP contribution in [-0.4, -0.2) is 37.5 Å². The summed E-state index contributed by atoms with van der Waals surface area (Å²) in [6, 6.07) is 6.38. The maximum atomic E-state index is 13.6. The van der Waals surface area contributed by atoms with Crippen molar-refractivity contribution in [1.82, 2.24) is 0 Å². The number of thiophene rings is 1. The van der Waals surface area contributed by atoms with Crippen LogP contribution in [0.3, 0.4) is 0 Å². The fraction of sp³-hybridized carbons (Fsp3) is 0.500. The Labute approximate surface area is 220 Å². The van der Waals surface area contributed by atoms with Crippen molar-refractivity contribution in [1.29, 1.82) is 0 Å². The van der Waals surface area contributed by atoms with E-state index < -0.39 is 17.8 Å². The lowest BCUT2D eigenvalue weighted by molar-refractivity contribution is -0.140. The van der Waals surface area contributed by atoms with Crippen molar-refractivity contribution in [3.63, 3.8) is 0 Å². The number of esters is 2. The van der Waals surface area contributed by atoms with Crippen molar-refractivity contribution in [2.24, 2.45) is 23.2 Å². The summed E-state index contributed by atoms with van der Waals surface area (Å²) in [7, 11) is 1.29. The van der Waals surface area contributed by atoms with Gasteiger partial charge in [0.1, 0.15) is 5.00 Å². The van der Waals surface area contributed by atoms with Gasteiger partial charge in [-0.1, -0.05) is 0 Å². The number of anilines is 2. The van der Waals surface area contributed by atoms with Crippen LogP contribution in [0.4, 0.5) is 10.7 Å². The lowest BCUT2D eigenvalue weighted by atomic mass is 9.49. The summed E-state index contributed by atoms with van der Waals surface area (Å²) < 4.78 is 9.98. The zero-order chi connectivity index (χ0) is 26.3. The highest BCUT2D eigenvalue weighted by atomic mass is 32.1. The van der Waals surface area contributed by atoms with Crippen molar-refractivity contribution < 1.29 is 28.7 Å². The molecule has 4 bridgehead atoms. The zero-order valence-electron chi connectivity index (χ0n) is 21.3. The first kappa shape index (κ1) is 25.4. The van der Waals surface area contributed by atoms with Gasteiger partial charge in [0, 0.05) is 5.69 Å². The van der Waals surface area contributed by atoms with E-state index in [2.05, 4.69) is 10.6 Å². The van der Waals surface area contributed by atoms with Crippen molar-refractivity contribution in [3.05, 3.63) is 45.8 Å². The Balaban J connectivity index is 1.37.